The van der Waals surface area contributed by atoms with E-state index in [-0.39, 0.29) is 6.04 Å². The molecule has 7 nitrogen and oxygen atoms in total. The maximum absolute atomic E-state index is 12.0. The molecule has 28 heavy (non-hydrogen) atoms. The number of pyridine rings is 1. The Kier molecular flexibility index (Phi) is 3.96. The molecule has 0 aliphatic carbocycles. The summed E-state index contributed by atoms with van der Waals surface area (Å²) in [4.78, 5) is 4.10. The van der Waals surface area contributed by atoms with E-state index in [1.807, 2.05) is 30.3 Å². The van der Waals surface area contributed by atoms with E-state index in [4.69, 9.17) is 9.84 Å². The standard InChI is InChI=1S/C20H22N4O3S/c1-28(25,26)23-12-8-20(9-13-23)24-18(16-4-2-3-5-19(16)27-20)14-17(22-24)15-6-10-21-11-7-15/h2-7,10-11,18H,8-9,12-14H2,1H3. The maximum atomic E-state index is 12.0. The lowest BCUT2D eigenvalue weighted by Gasteiger charge is -2.50. The van der Waals surface area contributed by atoms with Crippen LogP contribution in [0.4, 0.5) is 0 Å². The van der Waals surface area contributed by atoms with Gasteiger partial charge in [-0.05, 0) is 18.2 Å². The van der Waals surface area contributed by atoms with Gasteiger partial charge in [0.15, 0.2) is 0 Å². The van der Waals surface area contributed by atoms with Crippen molar-refractivity contribution >= 4 is 15.7 Å². The lowest BCUT2D eigenvalue weighted by atomic mass is 9.91. The van der Waals surface area contributed by atoms with E-state index >= 15 is 0 Å². The van der Waals surface area contributed by atoms with Gasteiger partial charge in [0.25, 0.3) is 0 Å². The number of sulfonamides is 1. The zero-order valence-corrected chi connectivity index (χ0v) is 16.5. The molecule has 3 aliphatic rings. The Bertz CT molecular complexity index is 1030. The summed E-state index contributed by atoms with van der Waals surface area (Å²) in [6.07, 6.45) is 6.78. The first kappa shape index (κ1) is 17.6. The summed E-state index contributed by atoms with van der Waals surface area (Å²) in [5.41, 5.74) is 2.59. The second kappa shape index (κ2) is 6.28. The molecule has 146 valence electrons. The molecule has 1 aromatic heterocycles. The lowest BCUT2D eigenvalue weighted by Crippen LogP contribution is -2.59. The van der Waals surface area contributed by atoms with Gasteiger partial charge in [0.1, 0.15) is 5.75 Å². The number of aromatic nitrogens is 1. The van der Waals surface area contributed by atoms with Crippen LogP contribution in [0.2, 0.25) is 0 Å². The first-order valence-corrected chi connectivity index (χ1v) is 11.3. The molecule has 0 amide bonds. The van der Waals surface area contributed by atoms with E-state index in [1.54, 1.807) is 12.4 Å². The van der Waals surface area contributed by atoms with E-state index < -0.39 is 15.7 Å². The van der Waals surface area contributed by atoms with Gasteiger partial charge in [-0.1, -0.05) is 18.2 Å². The highest BCUT2D eigenvalue weighted by Gasteiger charge is 2.52. The third-order valence-electron chi connectivity index (χ3n) is 5.89. The van der Waals surface area contributed by atoms with Crippen LogP contribution in [0, 0.1) is 0 Å². The second-order valence-electron chi connectivity index (χ2n) is 7.60. The third-order valence-corrected chi connectivity index (χ3v) is 7.20. The van der Waals surface area contributed by atoms with Crippen LogP contribution in [0.3, 0.4) is 0 Å². The molecule has 0 bridgehead atoms. The molecule has 4 heterocycles. The largest absolute Gasteiger partial charge is 0.466 e. The Hall–Kier alpha value is -2.45. The van der Waals surface area contributed by atoms with Gasteiger partial charge in [-0.25, -0.2) is 17.7 Å². The minimum atomic E-state index is -3.20. The van der Waals surface area contributed by atoms with Crippen LogP contribution < -0.4 is 4.74 Å². The average Bonchev–Trinajstić information content (AvgIpc) is 3.15. The van der Waals surface area contributed by atoms with E-state index in [0.717, 1.165) is 29.0 Å². The zero-order valence-electron chi connectivity index (χ0n) is 15.7. The van der Waals surface area contributed by atoms with Crippen molar-refractivity contribution in [2.24, 2.45) is 5.10 Å². The summed E-state index contributed by atoms with van der Waals surface area (Å²) in [6.45, 7) is 0.870. The number of hydrazone groups is 1. The number of fused-ring (bicyclic) bond motifs is 4. The second-order valence-corrected chi connectivity index (χ2v) is 9.58. The fraction of sp³-hybridized carbons (Fsp3) is 0.400. The first-order valence-electron chi connectivity index (χ1n) is 9.47. The third kappa shape index (κ3) is 2.79. The van der Waals surface area contributed by atoms with Gasteiger partial charge in [0.05, 0.1) is 18.0 Å². The van der Waals surface area contributed by atoms with Crippen LogP contribution in [-0.2, 0) is 10.0 Å². The summed E-state index contributed by atoms with van der Waals surface area (Å²) in [5, 5.41) is 7.06. The zero-order chi connectivity index (χ0) is 19.4. The quantitative estimate of drug-likeness (QED) is 0.776. The Morgan fingerprint density at radius 3 is 2.54 bits per heavy atom. The minimum Gasteiger partial charge on any atom is -0.466 e. The SMILES string of the molecule is CS(=O)(=O)N1CCC2(CC1)Oc1ccccc1C1CC(c3ccncc3)=NN12. The van der Waals surface area contributed by atoms with Gasteiger partial charge < -0.3 is 4.74 Å². The van der Waals surface area contributed by atoms with Crippen LogP contribution in [-0.4, -0.2) is 53.5 Å². The van der Waals surface area contributed by atoms with Gasteiger partial charge in [-0.3, -0.25) is 4.98 Å². The molecule has 5 rings (SSSR count). The number of rotatable bonds is 2. The molecule has 1 aromatic carbocycles. The van der Waals surface area contributed by atoms with Crippen LogP contribution in [0.15, 0.2) is 53.9 Å². The molecule has 1 saturated heterocycles. The molecular formula is C20H22N4O3S. The van der Waals surface area contributed by atoms with Crippen LogP contribution in [0.5, 0.6) is 5.75 Å². The smallest absolute Gasteiger partial charge is 0.211 e. The molecule has 1 spiro atoms. The summed E-state index contributed by atoms with van der Waals surface area (Å²) in [5.74, 6) is 0.878. The molecule has 3 aliphatic heterocycles. The number of hydrogen-bond donors (Lipinski definition) is 0. The van der Waals surface area contributed by atoms with Gasteiger partial charge >= 0.3 is 0 Å². The lowest BCUT2D eigenvalue weighted by molar-refractivity contribution is -0.143. The fourth-order valence-corrected chi connectivity index (χ4v) is 5.29. The summed E-state index contributed by atoms with van der Waals surface area (Å²) >= 11 is 0. The van der Waals surface area contributed by atoms with Crippen molar-refractivity contribution in [2.45, 2.75) is 31.0 Å². The molecule has 1 unspecified atom stereocenters. The molecular weight excluding hydrogens is 376 g/mol. The van der Waals surface area contributed by atoms with Crippen molar-refractivity contribution in [2.75, 3.05) is 19.3 Å². The van der Waals surface area contributed by atoms with Crippen molar-refractivity contribution < 1.29 is 13.2 Å². The molecule has 0 N–H and O–H groups in total. The number of hydrogen-bond acceptors (Lipinski definition) is 6. The predicted octanol–water partition coefficient (Wildman–Crippen LogP) is 2.38. The van der Waals surface area contributed by atoms with Crippen molar-refractivity contribution in [3.63, 3.8) is 0 Å². The maximum Gasteiger partial charge on any atom is 0.211 e. The van der Waals surface area contributed by atoms with Gasteiger partial charge in [0.2, 0.25) is 15.7 Å². The van der Waals surface area contributed by atoms with Crippen LogP contribution >= 0.6 is 0 Å². The van der Waals surface area contributed by atoms with Crippen molar-refractivity contribution in [1.82, 2.24) is 14.3 Å². The molecule has 2 aromatic rings. The van der Waals surface area contributed by atoms with E-state index in [9.17, 15) is 8.42 Å². The highest BCUT2D eigenvalue weighted by molar-refractivity contribution is 7.88. The Morgan fingerprint density at radius 1 is 1.11 bits per heavy atom. The molecule has 0 saturated carbocycles. The number of ether oxygens (including phenoxy) is 1. The van der Waals surface area contributed by atoms with Crippen LogP contribution in [0.1, 0.15) is 36.4 Å². The highest BCUT2D eigenvalue weighted by atomic mass is 32.2. The van der Waals surface area contributed by atoms with Crippen molar-refractivity contribution in [1.29, 1.82) is 0 Å². The topological polar surface area (TPSA) is 75.1 Å². The van der Waals surface area contributed by atoms with Crippen LogP contribution in [0.25, 0.3) is 0 Å². The van der Waals surface area contributed by atoms with E-state index in [0.29, 0.717) is 25.9 Å². The van der Waals surface area contributed by atoms with E-state index in [1.165, 1.54) is 10.6 Å². The summed E-state index contributed by atoms with van der Waals surface area (Å²) in [7, 11) is -3.20. The molecule has 0 radical (unpaired) electrons. The Balaban J connectivity index is 1.54. The molecule has 1 fully saturated rings. The number of benzene rings is 1. The van der Waals surface area contributed by atoms with Gasteiger partial charge in [0, 0.05) is 55.9 Å². The monoisotopic (exact) mass is 398 g/mol. The number of nitrogens with zero attached hydrogens (tertiary/aromatic N) is 4. The van der Waals surface area contributed by atoms with Crippen molar-refractivity contribution in [3.8, 4) is 5.75 Å². The Labute approximate surface area is 164 Å². The first-order chi connectivity index (χ1) is 13.5. The van der Waals surface area contributed by atoms with Gasteiger partial charge in [-0.15, -0.1) is 0 Å². The summed E-state index contributed by atoms with van der Waals surface area (Å²) in [6, 6.07) is 12.1. The average molecular weight is 398 g/mol. The van der Waals surface area contributed by atoms with E-state index in [2.05, 4.69) is 16.1 Å². The van der Waals surface area contributed by atoms with Crippen molar-refractivity contribution in [3.05, 3.63) is 59.9 Å². The number of para-hydroxylation sites is 1. The normalized spacial score (nSPS) is 23.7. The number of piperidine rings is 1. The predicted molar refractivity (Wildman–Crippen MR) is 105 cm³/mol. The minimum absolute atomic E-state index is 0.0953. The Morgan fingerprint density at radius 2 is 1.82 bits per heavy atom. The van der Waals surface area contributed by atoms with Gasteiger partial charge in [-0.2, -0.15) is 5.10 Å². The fourth-order valence-electron chi connectivity index (χ4n) is 4.45. The highest BCUT2D eigenvalue weighted by Crippen LogP contribution is 2.49. The summed E-state index contributed by atoms with van der Waals surface area (Å²) < 4.78 is 32.0. The molecule has 8 heteroatoms. The molecule has 1 atom stereocenters.